The molecule has 0 bridgehead atoms. The van der Waals surface area contributed by atoms with Gasteiger partial charge >= 0.3 is 0 Å². The molecule has 3 aliphatic heterocycles. The van der Waals surface area contributed by atoms with E-state index in [1.165, 1.54) is 11.1 Å². The summed E-state index contributed by atoms with van der Waals surface area (Å²) in [5, 5.41) is 0. The molecule has 1 spiro atoms. The van der Waals surface area contributed by atoms with Gasteiger partial charge in [0.15, 0.2) is 0 Å². The number of halogens is 2. The maximum Gasteiger partial charge on any atom is 0.229 e. The highest BCUT2D eigenvalue weighted by Crippen LogP contribution is 2.43. The van der Waals surface area contributed by atoms with Crippen molar-refractivity contribution in [2.24, 2.45) is 11.3 Å². The fraction of sp³-hybridized carbons (Fsp3) is 0.429. The normalized spacial score (nSPS) is 21.7. The second-order valence-electron chi connectivity index (χ2n) is 12.2. The summed E-state index contributed by atoms with van der Waals surface area (Å²) in [7, 11) is 1.66. The quantitative estimate of drug-likeness (QED) is 0.288. The van der Waals surface area contributed by atoms with Crippen molar-refractivity contribution < 1.29 is 14.3 Å². The molecule has 3 heterocycles. The Morgan fingerprint density at radius 3 is 2.30 bits per heavy atom. The second-order valence-corrected chi connectivity index (χ2v) is 13.2. The number of benzene rings is 3. The third kappa shape index (κ3) is 6.95. The van der Waals surface area contributed by atoms with Crippen LogP contribution in [0.3, 0.4) is 0 Å². The van der Waals surface area contributed by atoms with Crippen molar-refractivity contribution in [1.29, 1.82) is 0 Å². The first-order chi connectivity index (χ1) is 20.4. The molecule has 3 aromatic rings. The van der Waals surface area contributed by atoms with E-state index in [1.807, 2.05) is 36.4 Å². The number of piperidine rings is 1. The van der Waals surface area contributed by atoms with Gasteiger partial charge in [0.1, 0.15) is 5.75 Å². The van der Waals surface area contributed by atoms with Crippen molar-refractivity contribution in [3.63, 3.8) is 0 Å². The van der Waals surface area contributed by atoms with Gasteiger partial charge in [0.25, 0.3) is 0 Å². The van der Waals surface area contributed by atoms with Crippen molar-refractivity contribution in [2.45, 2.75) is 38.1 Å². The highest BCUT2D eigenvalue weighted by Gasteiger charge is 2.48. The molecule has 43 heavy (non-hydrogen) atoms. The standard InChI is InChI=1S/C35H40BrN3O3.ClH/c1-42-32-10-6-5-9-28(32)21-33(40)39-24-29(31(25-39)27-7-3-2-4-8-27)23-37-18-15-35(16-19-37)17-20-38(34(35)41)22-26-11-13-30(36)14-12-26;/h2-14,29,31H,15-25H2,1H3;1H. The molecular weight excluding hydrogens is 626 g/mol. The third-order valence-electron chi connectivity index (χ3n) is 9.75. The van der Waals surface area contributed by atoms with Gasteiger partial charge in [-0.3, -0.25) is 9.59 Å². The molecule has 8 heteroatoms. The van der Waals surface area contributed by atoms with Gasteiger partial charge in [-0.05, 0) is 67.6 Å². The lowest BCUT2D eigenvalue weighted by Crippen LogP contribution is -2.46. The van der Waals surface area contributed by atoms with Crippen molar-refractivity contribution in [3.05, 3.63) is 100 Å². The molecule has 3 saturated heterocycles. The Balaban J connectivity index is 0.00000368. The average Bonchev–Trinajstić information content (AvgIpc) is 3.57. The summed E-state index contributed by atoms with van der Waals surface area (Å²) in [5.41, 5.74) is 3.20. The number of rotatable bonds is 8. The fourth-order valence-corrected chi connectivity index (χ4v) is 7.54. The molecule has 0 radical (unpaired) electrons. The summed E-state index contributed by atoms with van der Waals surface area (Å²) >= 11 is 3.50. The number of hydrogen-bond donors (Lipinski definition) is 0. The Hall–Kier alpha value is -2.87. The Morgan fingerprint density at radius 1 is 0.907 bits per heavy atom. The zero-order valence-electron chi connectivity index (χ0n) is 24.8. The molecule has 6 nitrogen and oxygen atoms in total. The van der Waals surface area contributed by atoms with Gasteiger partial charge in [-0.15, -0.1) is 12.4 Å². The van der Waals surface area contributed by atoms with Crippen LogP contribution >= 0.6 is 28.3 Å². The maximum atomic E-state index is 13.6. The van der Waals surface area contributed by atoms with E-state index in [9.17, 15) is 9.59 Å². The number of carbonyl (C=O) groups excluding carboxylic acids is 2. The van der Waals surface area contributed by atoms with E-state index in [2.05, 4.69) is 73.1 Å². The second kappa shape index (κ2) is 13.8. The molecule has 0 aromatic heterocycles. The largest absolute Gasteiger partial charge is 0.496 e. The third-order valence-corrected chi connectivity index (χ3v) is 10.3. The van der Waals surface area contributed by atoms with Crippen molar-refractivity contribution in [2.75, 3.05) is 46.4 Å². The van der Waals surface area contributed by atoms with E-state index >= 15 is 0 Å². The van der Waals surface area contributed by atoms with E-state index < -0.39 is 0 Å². The number of nitrogens with zero attached hydrogens (tertiary/aromatic N) is 3. The Morgan fingerprint density at radius 2 is 1.58 bits per heavy atom. The zero-order chi connectivity index (χ0) is 29.1. The summed E-state index contributed by atoms with van der Waals surface area (Å²) in [6, 6.07) is 26.7. The van der Waals surface area contributed by atoms with Crippen LogP contribution in [0.1, 0.15) is 41.9 Å². The predicted octanol–water partition coefficient (Wildman–Crippen LogP) is 6.18. The molecule has 6 rings (SSSR count). The minimum Gasteiger partial charge on any atom is -0.496 e. The van der Waals surface area contributed by atoms with Crippen LogP contribution in [0.5, 0.6) is 5.75 Å². The van der Waals surface area contributed by atoms with Gasteiger partial charge < -0.3 is 19.4 Å². The molecule has 3 aromatic carbocycles. The first-order valence-electron chi connectivity index (χ1n) is 15.1. The molecule has 0 saturated carbocycles. The molecule has 0 N–H and O–H groups in total. The Kier molecular flexibility index (Phi) is 10.2. The lowest BCUT2D eigenvalue weighted by molar-refractivity contribution is -0.139. The van der Waals surface area contributed by atoms with Gasteiger partial charge in [-0.25, -0.2) is 0 Å². The van der Waals surface area contributed by atoms with Crippen LogP contribution in [-0.4, -0.2) is 72.9 Å². The van der Waals surface area contributed by atoms with E-state index in [1.54, 1.807) is 7.11 Å². The zero-order valence-corrected chi connectivity index (χ0v) is 27.2. The first-order valence-corrected chi connectivity index (χ1v) is 15.9. The van der Waals surface area contributed by atoms with Gasteiger partial charge in [0.2, 0.25) is 11.8 Å². The first kappa shape index (κ1) is 31.6. The Bertz CT molecular complexity index is 1390. The molecule has 3 aliphatic rings. The number of para-hydroxylation sites is 1. The van der Waals surface area contributed by atoms with Crippen LogP contribution in [0.15, 0.2) is 83.3 Å². The van der Waals surface area contributed by atoms with Gasteiger partial charge in [0.05, 0.1) is 18.9 Å². The SMILES string of the molecule is COc1ccccc1CC(=O)N1CC(CN2CCC3(CC2)CCN(Cc2ccc(Br)cc2)C3=O)C(c2ccccc2)C1.Cl. The highest BCUT2D eigenvalue weighted by atomic mass is 79.9. The number of ether oxygens (including phenoxy) is 1. The Labute approximate surface area is 269 Å². The van der Waals surface area contributed by atoms with Crippen LogP contribution in [0.2, 0.25) is 0 Å². The highest BCUT2D eigenvalue weighted by molar-refractivity contribution is 9.10. The molecular formula is C35H41BrClN3O3. The van der Waals surface area contributed by atoms with Crippen LogP contribution in [0.4, 0.5) is 0 Å². The fourth-order valence-electron chi connectivity index (χ4n) is 7.27. The lowest BCUT2D eigenvalue weighted by Gasteiger charge is -2.39. The van der Waals surface area contributed by atoms with E-state index in [0.29, 0.717) is 30.7 Å². The summed E-state index contributed by atoms with van der Waals surface area (Å²) in [5.74, 6) is 1.92. The van der Waals surface area contributed by atoms with E-state index in [0.717, 1.165) is 74.3 Å². The number of carbonyl (C=O) groups is 2. The summed E-state index contributed by atoms with van der Waals surface area (Å²) < 4.78 is 6.56. The van der Waals surface area contributed by atoms with Crippen molar-refractivity contribution in [3.8, 4) is 5.75 Å². The topological polar surface area (TPSA) is 53.1 Å². The van der Waals surface area contributed by atoms with Crippen LogP contribution in [0, 0.1) is 11.3 Å². The number of methoxy groups -OCH3 is 1. The van der Waals surface area contributed by atoms with E-state index in [-0.39, 0.29) is 23.7 Å². The van der Waals surface area contributed by atoms with Crippen LogP contribution in [-0.2, 0) is 22.6 Å². The van der Waals surface area contributed by atoms with Crippen molar-refractivity contribution in [1.82, 2.24) is 14.7 Å². The summed E-state index contributed by atoms with van der Waals surface area (Å²) in [4.78, 5) is 33.8. The average molecular weight is 667 g/mol. The van der Waals surface area contributed by atoms with Gasteiger partial charge in [0, 0.05) is 48.7 Å². The minimum atomic E-state index is -0.211. The molecule has 0 aliphatic carbocycles. The van der Waals surface area contributed by atoms with Gasteiger partial charge in [-0.1, -0.05) is 76.6 Å². The summed E-state index contributed by atoms with van der Waals surface area (Å²) in [6.45, 7) is 5.86. The lowest BCUT2D eigenvalue weighted by atomic mass is 9.76. The minimum absolute atomic E-state index is 0. The van der Waals surface area contributed by atoms with E-state index in [4.69, 9.17) is 4.74 Å². The number of amides is 2. The monoisotopic (exact) mass is 665 g/mol. The number of hydrogen-bond acceptors (Lipinski definition) is 4. The van der Waals surface area contributed by atoms with Crippen molar-refractivity contribution >= 4 is 40.2 Å². The molecule has 2 unspecified atom stereocenters. The predicted molar refractivity (Wildman–Crippen MR) is 175 cm³/mol. The van der Waals surface area contributed by atoms with Gasteiger partial charge in [-0.2, -0.15) is 0 Å². The summed E-state index contributed by atoms with van der Waals surface area (Å²) in [6.07, 6.45) is 3.14. The molecule has 2 atom stereocenters. The molecule has 228 valence electrons. The molecule has 2 amide bonds. The molecule has 3 fully saturated rings. The number of likely N-dealkylation sites (tertiary alicyclic amines) is 3. The van der Waals surface area contributed by atoms with Crippen LogP contribution < -0.4 is 4.74 Å². The maximum absolute atomic E-state index is 13.6. The van der Waals surface area contributed by atoms with Crippen LogP contribution in [0.25, 0.3) is 0 Å². The smallest absolute Gasteiger partial charge is 0.229 e.